The Morgan fingerprint density at radius 1 is 0.822 bits per heavy atom. The summed E-state index contributed by atoms with van der Waals surface area (Å²) in [5.74, 6) is -7.73. The van der Waals surface area contributed by atoms with Crippen LogP contribution in [0.3, 0.4) is 0 Å². The molecule has 6 N–H and O–H groups in total. The van der Waals surface area contributed by atoms with E-state index >= 15 is 0 Å². The average molecular weight is 1030 g/mol. The van der Waals surface area contributed by atoms with Crippen LogP contribution in [0.1, 0.15) is 126 Å². The molecule has 0 aromatic heterocycles. The van der Waals surface area contributed by atoms with Gasteiger partial charge in [-0.2, -0.15) is 0 Å². The first-order chi connectivity index (χ1) is 34.4. The Labute approximate surface area is 433 Å². The van der Waals surface area contributed by atoms with Crippen molar-refractivity contribution in [2.24, 2.45) is 40.9 Å². The summed E-state index contributed by atoms with van der Waals surface area (Å²) in [6.45, 7) is 13.5. The first-order valence-corrected chi connectivity index (χ1v) is 26.2. The van der Waals surface area contributed by atoms with Crippen LogP contribution in [0.5, 0.6) is 0 Å². The lowest BCUT2D eigenvalue weighted by molar-refractivity contribution is -0.265. The average Bonchev–Trinajstić information content (AvgIpc) is 3.37. The minimum Gasteiger partial charge on any atom is -0.480 e. The fraction of sp³-hybridized carbons (Fsp3) is 0.732. The Balaban J connectivity index is 1.50. The van der Waals surface area contributed by atoms with Crippen LogP contribution < -0.4 is 0 Å². The predicted octanol–water partition coefficient (Wildman–Crippen LogP) is 5.84. The van der Waals surface area contributed by atoms with Crippen LogP contribution in [0.2, 0.25) is 0 Å². The van der Waals surface area contributed by atoms with E-state index in [2.05, 4.69) is 6.92 Å². The van der Waals surface area contributed by atoms with E-state index in [9.17, 15) is 54.6 Å². The quantitative estimate of drug-likeness (QED) is 0.0233. The number of allylic oxidation sites excluding steroid dienone is 6. The van der Waals surface area contributed by atoms with Crippen molar-refractivity contribution >= 4 is 29.4 Å². The third-order valence-corrected chi connectivity index (χ3v) is 15.3. The summed E-state index contributed by atoms with van der Waals surface area (Å²) in [7, 11) is 4.53. The van der Waals surface area contributed by atoms with Crippen LogP contribution in [0.25, 0.3) is 0 Å². The van der Waals surface area contributed by atoms with Gasteiger partial charge in [-0.05, 0) is 114 Å². The molecule has 1 saturated carbocycles. The normalized spacial score (nSPS) is 28.1. The maximum atomic E-state index is 13.6. The maximum Gasteiger partial charge on any atom is 0.326 e. The number of carboxylic acids is 1. The molecule has 0 spiro atoms. The molecule has 1 amide bonds. The molecule has 1 aliphatic carbocycles. The van der Waals surface area contributed by atoms with Gasteiger partial charge in [-0.25, -0.2) is 4.79 Å². The molecule has 0 radical (unpaired) electrons. The van der Waals surface area contributed by atoms with Crippen LogP contribution in [0.15, 0.2) is 59.8 Å². The number of aliphatic hydroxyl groups excluding tert-OH is 4. The van der Waals surface area contributed by atoms with E-state index in [1.807, 2.05) is 64.2 Å². The van der Waals surface area contributed by atoms with Gasteiger partial charge < -0.3 is 59.2 Å². The molecule has 2 heterocycles. The van der Waals surface area contributed by atoms with Crippen LogP contribution in [-0.2, 0) is 47.7 Å². The smallest absolute Gasteiger partial charge is 0.326 e. The standard InChI is InChI=1S/C56H89NO16/c1-34(17-13-12-14-18-36(3)46(69-9)31-42-23-21-40(7)56(68,73-42)51(63)52(64)57-26-16-15-19-43(57)53(65)66)27-38(5)48(61)50(71-11)49(62)39(6)29-37(4)44(60)24-20-35(2)28-41-22-25-45(47(30-41)70-10)72-54(67)55(8,32-58)33-59/h12-14,17-18,20,24,29,34-35,37-38,40-47,49-50,58-60,62,68H,15-16,19,21-23,25-28,30-33H2,1-11H3,(H,65,66)/b14-12+,17-13+,24-20+,36-18+,39-29+. The van der Waals surface area contributed by atoms with E-state index in [4.69, 9.17) is 23.7 Å². The van der Waals surface area contributed by atoms with Crippen LogP contribution in [0.4, 0.5) is 0 Å². The predicted molar refractivity (Wildman–Crippen MR) is 275 cm³/mol. The van der Waals surface area contributed by atoms with Gasteiger partial charge in [0.1, 0.15) is 29.8 Å². The third kappa shape index (κ3) is 17.8. The molecule has 2 saturated heterocycles. The van der Waals surface area contributed by atoms with Crippen molar-refractivity contribution in [1.82, 2.24) is 4.90 Å². The molecule has 3 aliphatic rings. The number of piperidine rings is 1. The fourth-order valence-electron chi connectivity index (χ4n) is 10.2. The summed E-state index contributed by atoms with van der Waals surface area (Å²) in [6.07, 6.45) is 16.0. The van der Waals surface area contributed by atoms with Crippen molar-refractivity contribution in [3.63, 3.8) is 0 Å². The summed E-state index contributed by atoms with van der Waals surface area (Å²) in [4.78, 5) is 65.9. The molecule has 17 nitrogen and oxygen atoms in total. The highest BCUT2D eigenvalue weighted by atomic mass is 16.6. The zero-order valence-corrected chi connectivity index (χ0v) is 45.3. The number of aliphatic hydroxyl groups is 5. The number of carbonyl (C=O) groups excluding carboxylic acids is 4. The van der Waals surface area contributed by atoms with Gasteiger partial charge in [-0.3, -0.25) is 19.2 Å². The first-order valence-electron chi connectivity index (χ1n) is 26.2. The number of rotatable bonds is 28. The molecule has 3 rings (SSSR count). The molecular formula is C56H89NO16. The zero-order valence-electron chi connectivity index (χ0n) is 45.3. The molecule has 414 valence electrons. The number of ketones is 2. The SMILES string of the molecule is COC(CC1CCC(C)C(O)(C(=O)C(=O)N2CCCCC2C(=O)O)O1)/C(C)=C/C=C/C=C/C(C)CC(C)C(=O)C(OC)C(O)/C(C)=C/C(C)C(O)/C=C/C(C)CC1CCC(OC(=O)C(C)(CO)CO)C(OC)C1. The number of methoxy groups -OCH3 is 3. The van der Waals surface area contributed by atoms with Crippen molar-refractivity contribution < 1.29 is 78.3 Å². The van der Waals surface area contributed by atoms with Gasteiger partial charge in [0.15, 0.2) is 5.78 Å². The lowest BCUT2D eigenvalue weighted by Gasteiger charge is -2.42. The van der Waals surface area contributed by atoms with Crippen molar-refractivity contribution in [1.29, 1.82) is 0 Å². The molecule has 0 aromatic carbocycles. The van der Waals surface area contributed by atoms with Gasteiger partial charge in [0.2, 0.25) is 5.79 Å². The Hall–Kier alpha value is -3.91. The van der Waals surface area contributed by atoms with E-state index in [1.54, 1.807) is 40.2 Å². The van der Waals surface area contributed by atoms with Gasteiger partial charge >= 0.3 is 11.9 Å². The van der Waals surface area contributed by atoms with Crippen LogP contribution in [-0.4, -0.2) is 161 Å². The van der Waals surface area contributed by atoms with Crippen molar-refractivity contribution in [3.8, 4) is 0 Å². The molecule has 3 fully saturated rings. The van der Waals surface area contributed by atoms with Gasteiger partial charge in [0.25, 0.3) is 11.7 Å². The molecule has 15 unspecified atom stereocenters. The monoisotopic (exact) mass is 1030 g/mol. The van der Waals surface area contributed by atoms with E-state index in [1.165, 1.54) is 14.0 Å². The Morgan fingerprint density at radius 3 is 2.12 bits per heavy atom. The number of carboxylic acid groups (broad SMARTS) is 1. The lowest BCUT2D eigenvalue weighted by atomic mass is 9.80. The summed E-state index contributed by atoms with van der Waals surface area (Å²) in [5.41, 5.74) is -0.0151. The van der Waals surface area contributed by atoms with E-state index in [0.717, 1.165) is 23.3 Å². The second kappa shape index (κ2) is 30.0. The Kier molecular flexibility index (Phi) is 26.0. The number of hydrogen-bond donors (Lipinski definition) is 6. The minimum absolute atomic E-state index is 0.00266. The molecule has 0 aromatic rings. The second-order valence-electron chi connectivity index (χ2n) is 21.5. The molecule has 73 heavy (non-hydrogen) atoms. The molecule has 2 aliphatic heterocycles. The largest absolute Gasteiger partial charge is 0.480 e. The highest BCUT2D eigenvalue weighted by Crippen LogP contribution is 2.37. The number of amides is 1. The van der Waals surface area contributed by atoms with Gasteiger partial charge in [-0.1, -0.05) is 83.2 Å². The molecular weight excluding hydrogens is 943 g/mol. The summed E-state index contributed by atoms with van der Waals surface area (Å²) < 4.78 is 28.6. The second-order valence-corrected chi connectivity index (χ2v) is 21.5. The van der Waals surface area contributed by atoms with Gasteiger partial charge in [0, 0.05) is 52.0 Å². The van der Waals surface area contributed by atoms with Crippen molar-refractivity contribution in [2.75, 3.05) is 41.1 Å². The zero-order chi connectivity index (χ0) is 54.8. The van der Waals surface area contributed by atoms with E-state index < -0.39 is 103 Å². The maximum absolute atomic E-state index is 13.6. The molecule has 15 atom stereocenters. The van der Waals surface area contributed by atoms with E-state index in [-0.39, 0.29) is 42.6 Å². The summed E-state index contributed by atoms with van der Waals surface area (Å²) >= 11 is 0. The number of aliphatic carboxylic acids is 1. The van der Waals surface area contributed by atoms with Gasteiger partial charge in [-0.15, -0.1) is 0 Å². The summed E-state index contributed by atoms with van der Waals surface area (Å²) in [6, 6.07) is -1.12. The number of carbonyl (C=O) groups is 5. The number of ether oxygens (including phenoxy) is 5. The number of likely N-dealkylation sites (tertiary alicyclic amines) is 1. The highest BCUT2D eigenvalue weighted by molar-refractivity contribution is 6.39. The van der Waals surface area contributed by atoms with E-state index in [0.29, 0.717) is 62.9 Å². The molecule has 0 bridgehead atoms. The topological polar surface area (TPSA) is 256 Å². The third-order valence-electron chi connectivity index (χ3n) is 15.3. The number of hydrogen-bond acceptors (Lipinski definition) is 15. The molecule has 17 heteroatoms. The Bertz CT molecular complexity index is 1960. The Morgan fingerprint density at radius 2 is 1.51 bits per heavy atom. The van der Waals surface area contributed by atoms with Crippen LogP contribution in [0, 0.1) is 40.9 Å². The number of Topliss-reactive ketones (excluding diaryl/α,β-unsaturated/α-hetero) is 2. The number of nitrogens with zero attached hydrogens (tertiary/aromatic N) is 1. The lowest BCUT2D eigenvalue weighted by Crippen LogP contribution is -2.60. The van der Waals surface area contributed by atoms with Crippen molar-refractivity contribution in [3.05, 3.63) is 59.8 Å². The summed E-state index contributed by atoms with van der Waals surface area (Å²) in [5, 5.41) is 62.7. The highest BCUT2D eigenvalue weighted by Gasteiger charge is 2.53. The van der Waals surface area contributed by atoms with Gasteiger partial charge in [0.05, 0.1) is 37.6 Å². The van der Waals surface area contributed by atoms with Crippen molar-refractivity contribution in [2.45, 2.75) is 181 Å². The fourth-order valence-corrected chi connectivity index (χ4v) is 10.2. The number of esters is 1. The first kappa shape index (κ1) is 63.4. The van der Waals surface area contributed by atoms with Crippen LogP contribution >= 0.6 is 0 Å². The minimum atomic E-state index is -2.39.